The van der Waals surface area contributed by atoms with E-state index in [1.807, 2.05) is 6.07 Å². The van der Waals surface area contributed by atoms with E-state index in [-0.39, 0.29) is 0 Å². The molecule has 1 heterocycles. The predicted molar refractivity (Wildman–Crippen MR) is 228 cm³/mol. The number of benzene rings is 9. The zero-order valence-corrected chi connectivity index (χ0v) is 29.6. The lowest BCUT2D eigenvalue weighted by Gasteiger charge is -2.26. The van der Waals surface area contributed by atoms with E-state index in [9.17, 15) is 0 Å². The van der Waals surface area contributed by atoms with Crippen molar-refractivity contribution in [1.82, 2.24) is 0 Å². The van der Waals surface area contributed by atoms with Crippen LogP contribution in [0.15, 0.2) is 217 Å². The van der Waals surface area contributed by atoms with Gasteiger partial charge in [-0.15, -0.1) is 0 Å². The Hall–Kier alpha value is -7.16. The molecule has 0 N–H and O–H groups in total. The average Bonchev–Trinajstić information content (AvgIpc) is 3.63. The molecule has 54 heavy (non-hydrogen) atoms. The number of anilines is 3. The van der Waals surface area contributed by atoms with Crippen molar-refractivity contribution >= 4 is 49.8 Å². The highest BCUT2D eigenvalue weighted by molar-refractivity contribution is 6.12. The molecule has 1 aromatic heterocycles. The highest BCUT2D eigenvalue weighted by Gasteiger charge is 2.20. The highest BCUT2D eigenvalue weighted by atomic mass is 16.3. The van der Waals surface area contributed by atoms with Crippen molar-refractivity contribution in [3.05, 3.63) is 212 Å². The second-order valence-corrected chi connectivity index (χ2v) is 13.8. The molecule has 10 rings (SSSR count). The maximum Gasteiger partial charge on any atom is 0.143 e. The minimum atomic E-state index is 0.887. The summed E-state index contributed by atoms with van der Waals surface area (Å²) < 4.78 is 6.60. The quantitative estimate of drug-likeness (QED) is 0.166. The van der Waals surface area contributed by atoms with Gasteiger partial charge in [0.05, 0.1) is 0 Å². The molecule has 0 aliphatic heterocycles. The molecule has 2 heteroatoms. The van der Waals surface area contributed by atoms with E-state index in [1.54, 1.807) is 0 Å². The Kier molecular flexibility index (Phi) is 7.85. The van der Waals surface area contributed by atoms with Gasteiger partial charge in [0.15, 0.2) is 0 Å². The first-order chi connectivity index (χ1) is 26.7. The van der Waals surface area contributed by atoms with Crippen molar-refractivity contribution < 1.29 is 4.42 Å². The smallest absolute Gasteiger partial charge is 0.143 e. The first-order valence-corrected chi connectivity index (χ1v) is 18.4. The second-order valence-electron chi connectivity index (χ2n) is 13.8. The van der Waals surface area contributed by atoms with E-state index in [1.165, 1.54) is 44.2 Å². The van der Waals surface area contributed by atoms with Gasteiger partial charge in [-0.1, -0.05) is 164 Å². The number of hydrogen-bond donors (Lipinski definition) is 0. The lowest BCUT2D eigenvalue weighted by atomic mass is 9.97. The summed E-state index contributed by atoms with van der Waals surface area (Å²) in [7, 11) is 0. The Labute approximate surface area is 314 Å². The lowest BCUT2D eigenvalue weighted by molar-refractivity contribution is 0.670. The molecule has 0 spiro atoms. The third kappa shape index (κ3) is 5.81. The summed E-state index contributed by atoms with van der Waals surface area (Å²) in [6.07, 6.45) is 0. The summed E-state index contributed by atoms with van der Waals surface area (Å²) in [5, 5.41) is 4.62. The molecule has 0 unspecified atom stereocenters. The van der Waals surface area contributed by atoms with Gasteiger partial charge in [0.25, 0.3) is 0 Å². The van der Waals surface area contributed by atoms with Crippen LogP contribution in [0, 0.1) is 0 Å². The Bertz CT molecular complexity index is 2890. The van der Waals surface area contributed by atoms with E-state index >= 15 is 0 Å². The number of rotatable bonds is 7. The van der Waals surface area contributed by atoms with Gasteiger partial charge in [-0.2, -0.15) is 0 Å². The maximum absolute atomic E-state index is 6.60. The van der Waals surface area contributed by atoms with Gasteiger partial charge in [-0.05, 0) is 98.2 Å². The second kappa shape index (κ2) is 13.4. The summed E-state index contributed by atoms with van der Waals surface area (Å²) >= 11 is 0. The Morgan fingerprint density at radius 3 is 1.43 bits per heavy atom. The van der Waals surface area contributed by atoms with Crippen molar-refractivity contribution in [2.75, 3.05) is 4.90 Å². The van der Waals surface area contributed by atoms with Crippen LogP contribution in [0.4, 0.5) is 17.1 Å². The largest absolute Gasteiger partial charge is 0.455 e. The van der Waals surface area contributed by atoms with E-state index in [2.05, 4.69) is 211 Å². The molecule has 0 fully saturated rings. The van der Waals surface area contributed by atoms with Gasteiger partial charge in [0, 0.05) is 33.4 Å². The standard InChI is InChI=1S/C52H35NO/c1-3-11-36(12-4-1)38-19-21-39(22-20-38)40-23-25-41(26-24-40)42-29-31-46(32-30-42)53(45-15-5-2-6-16-45)47-34-49(44-28-27-37-13-7-8-14-43(37)33-44)52-50(35-47)48-17-9-10-18-51(48)54-52/h1-35H. The zero-order valence-electron chi connectivity index (χ0n) is 29.6. The van der Waals surface area contributed by atoms with Crippen LogP contribution in [0.2, 0.25) is 0 Å². The first-order valence-electron chi connectivity index (χ1n) is 18.4. The maximum atomic E-state index is 6.60. The molecule has 0 amide bonds. The predicted octanol–water partition coefficient (Wildman–Crippen LogP) is 14.9. The van der Waals surface area contributed by atoms with Crippen LogP contribution in [0.3, 0.4) is 0 Å². The summed E-state index contributed by atoms with van der Waals surface area (Å²) in [6, 6.07) is 75.8. The molecular weight excluding hydrogens is 655 g/mol. The van der Waals surface area contributed by atoms with Crippen molar-refractivity contribution in [3.8, 4) is 44.5 Å². The van der Waals surface area contributed by atoms with Gasteiger partial charge in [0.2, 0.25) is 0 Å². The highest BCUT2D eigenvalue weighted by Crippen LogP contribution is 2.44. The SMILES string of the molecule is c1ccc(-c2ccc(-c3ccc(-c4ccc(N(c5ccccc5)c5cc(-c6ccc7ccccc7c6)c6oc7ccccc7c6c5)cc4)cc3)cc2)cc1. The molecule has 9 aromatic carbocycles. The normalized spacial score (nSPS) is 11.3. The average molecular weight is 690 g/mol. The fraction of sp³-hybridized carbons (Fsp3) is 0. The van der Waals surface area contributed by atoms with E-state index in [0.717, 1.165) is 50.1 Å². The molecule has 0 atom stereocenters. The molecule has 0 aliphatic carbocycles. The van der Waals surface area contributed by atoms with Gasteiger partial charge >= 0.3 is 0 Å². The number of para-hydroxylation sites is 2. The van der Waals surface area contributed by atoms with Crippen molar-refractivity contribution in [2.45, 2.75) is 0 Å². The third-order valence-corrected chi connectivity index (χ3v) is 10.5. The summed E-state index contributed by atoms with van der Waals surface area (Å²) in [6.45, 7) is 0. The Morgan fingerprint density at radius 1 is 0.296 bits per heavy atom. The molecule has 254 valence electrons. The van der Waals surface area contributed by atoms with Crippen LogP contribution >= 0.6 is 0 Å². The number of furan rings is 1. The summed E-state index contributed by atoms with van der Waals surface area (Å²) in [5.41, 5.74) is 14.4. The molecule has 10 aromatic rings. The first kappa shape index (κ1) is 31.6. The summed E-state index contributed by atoms with van der Waals surface area (Å²) in [4.78, 5) is 2.34. The monoisotopic (exact) mass is 689 g/mol. The van der Waals surface area contributed by atoms with Gasteiger partial charge in [-0.3, -0.25) is 0 Å². The molecular formula is C52H35NO. The van der Waals surface area contributed by atoms with Gasteiger partial charge in [-0.25, -0.2) is 0 Å². The number of fused-ring (bicyclic) bond motifs is 4. The van der Waals surface area contributed by atoms with Crippen LogP contribution in [-0.2, 0) is 0 Å². The van der Waals surface area contributed by atoms with E-state index in [0.29, 0.717) is 0 Å². The molecule has 2 nitrogen and oxygen atoms in total. The third-order valence-electron chi connectivity index (χ3n) is 10.5. The lowest BCUT2D eigenvalue weighted by Crippen LogP contribution is -2.10. The van der Waals surface area contributed by atoms with Crippen molar-refractivity contribution in [1.29, 1.82) is 0 Å². The number of nitrogens with zero attached hydrogens (tertiary/aromatic N) is 1. The van der Waals surface area contributed by atoms with Crippen LogP contribution < -0.4 is 4.90 Å². The molecule has 0 aliphatic rings. The van der Waals surface area contributed by atoms with Crippen molar-refractivity contribution in [3.63, 3.8) is 0 Å². The topological polar surface area (TPSA) is 16.4 Å². The molecule has 0 bridgehead atoms. The fourth-order valence-electron chi connectivity index (χ4n) is 7.68. The zero-order chi connectivity index (χ0) is 35.8. The summed E-state index contributed by atoms with van der Waals surface area (Å²) in [5.74, 6) is 0. The molecule has 0 radical (unpaired) electrons. The van der Waals surface area contributed by atoms with Crippen LogP contribution in [0.5, 0.6) is 0 Å². The van der Waals surface area contributed by atoms with Crippen LogP contribution in [0.25, 0.3) is 77.2 Å². The van der Waals surface area contributed by atoms with Crippen LogP contribution in [0.1, 0.15) is 0 Å². The minimum Gasteiger partial charge on any atom is -0.455 e. The minimum absolute atomic E-state index is 0.887. The van der Waals surface area contributed by atoms with Crippen molar-refractivity contribution in [2.24, 2.45) is 0 Å². The Morgan fingerprint density at radius 2 is 0.778 bits per heavy atom. The number of hydrogen-bond acceptors (Lipinski definition) is 2. The Balaban J connectivity index is 1.03. The van der Waals surface area contributed by atoms with Gasteiger partial charge < -0.3 is 9.32 Å². The fourth-order valence-corrected chi connectivity index (χ4v) is 7.68. The van der Waals surface area contributed by atoms with E-state index in [4.69, 9.17) is 4.42 Å². The van der Waals surface area contributed by atoms with Gasteiger partial charge in [0.1, 0.15) is 11.2 Å². The van der Waals surface area contributed by atoms with Crippen LogP contribution in [-0.4, -0.2) is 0 Å². The molecule has 0 saturated heterocycles. The molecule has 0 saturated carbocycles. The van der Waals surface area contributed by atoms with E-state index < -0.39 is 0 Å².